The minimum Gasteiger partial charge on any atom is -0.506 e. The number of fused-ring (bicyclic) bond motifs is 1. The zero-order valence-electron chi connectivity index (χ0n) is 12.7. The Kier molecular flexibility index (Phi) is 4.59. The summed E-state index contributed by atoms with van der Waals surface area (Å²) >= 11 is 1.29. The van der Waals surface area contributed by atoms with Gasteiger partial charge in [-0.15, -0.1) is 0 Å². The standard InChI is InChI=1S/C19H14N2O2S/c20-19-21-18-16(23)11-14(12-17(18)24-19)8-4-5-9-15(22)10-13-6-2-1-3-7-13/h1-3,5-7,9,11-12,23H,10H2,(H2,20,21)/b9-5-. The van der Waals surface area contributed by atoms with Gasteiger partial charge in [0.1, 0.15) is 11.3 Å². The number of ketones is 1. The van der Waals surface area contributed by atoms with Gasteiger partial charge in [0.2, 0.25) is 0 Å². The highest BCUT2D eigenvalue weighted by atomic mass is 32.1. The second kappa shape index (κ2) is 6.99. The predicted molar refractivity (Wildman–Crippen MR) is 96.9 cm³/mol. The summed E-state index contributed by atoms with van der Waals surface area (Å²) in [4.78, 5) is 15.9. The number of allylic oxidation sites excluding steroid dienone is 2. The van der Waals surface area contributed by atoms with E-state index in [-0.39, 0.29) is 11.5 Å². The molecule has 0 saturated heterocycles. The van der Waals surface area contributed by atoms with Crippen molar-refractivity contribution in [1.82, 2.24) is 4.98 Å². The van der Waals surface area contributed by atoms with Crippen LogP contribution in [-0.4, -0.2) is 15.9 Å². The van der Waals surface area contributed by atoms with Gasteiger partial charge in [0.05, 0.1) is 4.70 Å². The molecule has 0 spiro atoms. The average molecular weight is 334 g/mol. The molecule has 0 amide bonds. The highest BCUT2D eigenvalue weighted by Crippen LogP contribution is 2.31. The smallest absolute Gasteiger partial charge is 0.181 e. The van der Waals surface area contributed by atoms with Gasteiger partial charge in [0, 0.05) is 12.0 Å². The lowest BCUT2D eigenvalue weighted by Gasteiger charge is -1.95. The fraction of sp³-hybridized carbons (Fsp3) is 0.0526. The fourth-order valence-electron chi connectivity index (χ4n) is 2.22. The van der Waals surface area contributed by atoms with Crippen molar-refractivity contribution in [2.75, 3.05) is 5.73 Å². The number of phenolic OH excluding ortho intramolecular Hbond substituents is 1. The van der Waals surface area contributed by atoms with Crippen molar-refractivity contribution in [3.8, 4) is 17.6 Å². The number of aromatic hydroxyl groups is 1. The first-order chi connectivity index (χ1) is 11.6. The minimum atomic E-state index is -0.0102. The number of anilines is 1. The van der Waals surface area contributed by atoms with Gasteiger partial charge < -0.3 is 10.8 Å². The zero-order valence-corrected chi connectivity index (χ0v) is 13.5. The molecule has 0 atom stereocenters. The third-order valence-electron chi connectivity index (χ3n) is 3.28. The number of phenols is 1. The van der Waals surface area contributed by atoms with Crippen LogP contribution in [0.4, 0.5) is 5.13 Å². The predicted octanol–water partition coefficient (Wildman–Crippen LogP) is 3.30. The summed E-state index contributed by atoms with van der Waals surface area (Å²) in [6.07, 6.45) is 3.34. The topological polar surface area (TPSA) is 76.2 Å². The molecule has 24 heavy (non-hydrogen) atoms. The first kappa shape index (κ1) is 15.8. The summed E-state index contributed by atoms with van der Waals surface area (Å²) in [6.45, 7) is 0. The largest absolute Gasteiger partial charge is 0.506 e. The molecule has 1 heterocycles. The number of rotatable bonds is 3. The number of hydrogen-bond acceptors (Lipinski definition) is 5. The molecule has 0 bridgehead atoms. The molecule has 1 aromatic heterocycles. The Morgan fingerprint density at radius 3 is 2.88 bits per heavy atom. The van der Waals surface area contributed by atoms with Gasteiger partial charge in [-0.05, 0) is 29.8 Å². The third-order valence-corrected chi connectivity index (χ3v) is 4.11. The molecule has 0 aliphatic rings. The molecular weight excluding hydrogens is 320 g/mol. The Morgan fingerprint density at radius 2 is 2.08 bits per heavy atom. The van der Waals surface area contributed by atoms with E-state index in [1.807, 2.05) is 36.4 Å². The van der Waals surface area contributed by atoms with E-state index in [4.69, 9.17) is 5.73 Å². The molecule has 0 fully saturated rings. The SMILES string of the molecule is Nc1nc2c(O)cc(C#C/C=C\C(=O)Cc3ccccc3)cc2s1. The molecule has 0 saturated carbocycles. The first-order valence-corrected chi connectivity index (χ1v) is 8.07. The van der Waals surface area contributed by atoms with E-state index in [0.29, 0.717) is 22.6 Å². The van der Waals surface area contributed by atoms with E-state index in [1.165, 1.54) is 29.6 Å². The summed E-state index contributed by atoms with van der Waals surface area (Å²) in [7, 11) is 0. The number of nitrogens with two attached hydrogens (primary N) is 1. The monoisotopic (exact) mass is 334 g/mol. The Labute approximate surface area is 143 Å². The Morgan fingerprint density at radius 1 is 1.29 bits per heavy atom. The van der Waals surface area contributed by atoms with E-state index < -0.39 is 0 Å². The Bertz CT molecular complexity index is 979. The van der Waals surface area contributed by atoms with Crippen molar-refractivity contribution in [3.05, 3.63) is 65.7 Å². The second-order valence-electron chi connectivity index (χ2n) is 5.13. The van der Waals surface area contributed by atoms with Crippen LogP contribution in [-0.2, 0) is 11.2 Å². The van der Waals surface area contributed by atoms with Crippen molar-refractivity contribution in [3.63, 3.8) is 0 Å². The lowest BCUT2D eigenvalue weighted by atomic mass is 10.1. The molecule has 3 rings (SSSR count). The van der Waals surface area contributed by atoms with Crippen LogP contribution in [0.15, 0.2) is 54.6 Å². The highest BCUT2D eigenvalue weighted by molar-refractivity contribution is 7.22. The van der Waals surface area contributed by atoms with Gasteiger partial charge in [-0.25, -0.2) is 4.98 Å². The number of nitrogens with zero attached hydrogens (tertiary/aromatic N) is 1. The van der Waals surface area contributed by atoms with Crippen LogP contribution < -0.4 is 5.73 Å². The van der Waals surface area contributed by atoms with Gasteiger partial charge >= 0.3 is 0 Å². The molecule has 0 unspecified atom stereocenters. The fourth-order valence-corrected chi connectivity index (χ4v) is 3.01. The van der Waals surface area contributed by atoms with Crippen molar-refractivity contribution in [2.24, 2.45) is 0 Å². The summed E-state index contributed by atoms with van der Waals surface area (Å²) in [5, 5.41) is 10.3. The number of aromatic nitrogens is 1. The van der Waals surface area contributed by atoms with Crippen LogP contribution >= 0.6 is 11.3 Å². The van der Waals surface area contributed by atoms with Gasteiger partial charge in [0.15, 0.2) is 10.9 Å². The van der Waals surface area contributed by atoms with Gasteiger partial charge in [0.25, 0.3) is 0 Å². The molecule has 0 aliphatic carbocycles. The first-order valence-electron chi connectivity index (χ1n) is 7.26. The molecular formula is C19H14N2O2S. The molecule has 5 heteroatoms. The Hall–Kier alpha value is -3.10. The number of benzene rings is 2. The summed E-state index contributed by atoms with van der Waals surface area (Å²) in [5.41, 5.74) is 7.74. The van der Waals surface area contributed by atoms with E-state index in [0.717, 1.165) is 10.3 Å². The highest BCUT2D eigenvalue weighted by Gasteiger charge is 2.07. The Balaban J connectivity index is 1.70. The molecule has 3 N–H and O–H groups in total. The van der Waals surface area contributed by atoms with Crippen LogP contribution in [0.25, 0.3) is 10.2 Å². The zero-order chi connectivity index (χ0) is 16.9. The van der Waals surface area contributed by atoms with E-state index in [2.05, 4.69) is 16.8 Å². The van der Waals surface area contributed by atoms with Gasteiger partial charge in [-0.2, -0.15) is 0 Å². The second-order valence-corrected chi connectivity index (χ2v) is 6.19. The minimum absolute atomic E-state index is 0.0102. The molecule has 4 nitrogen and oxygen atoms in total. The van der Waals surface area contributed by atoms with Crippen LogP contribution in [0, 0.1) is 11.8 Å². The number of hydrogen-bond donors (Lipinski definition) is 2. The van der Waals surface area contributed by atoms with Gasteiger partial charge in [-0.1, -0.05) is 53.5 Å². The van der Waals surface area contributed by atoms with Crippen molar-refractivity contribution >= 4 is 32.5 Å². The van der Waals surface area contributed by atoms with Crippen molar-refractivity contribution < 1.29 is 9.90 Å². The average Bonchev–Trinajstić information content (AvgIpc) is 2.93. The summed E-state index contributed by atoms with van der Waals surface area (Å²) in [6, 6.07) is 12.9. The summed E-state index contributed by atoms with van der Waals surface area (Å²) < 4.78 is 0.779. The maximum atomic E-state index is 11.8. The van der Waals surface area contributed by atoms with Crippen LogP contribution in [0.2, 0.25) is 0 Å². The lowest BCUT2D eigenvalue weighted by Crippen LogP contribution is -1.97. The van der Waals surface area contributed by atoms with Crippen LogP contribution in [0.3, 0.4) is 0 Å². The molecule has 0 radical (unpaired) electrons. The third kappa shape index (κ3) is 3.80. The quantitative estimate of drug-likeness (QED) is 0.569. The lowest BCUT2D eigenvalue weighted by molar-refractivity contribution is -0.114. The molecule has 118 valence electrons. The van der Waals surface area contributed by atoms with E-state index in [9.17, 15) is 9.90 Å². The molecule has 3 aromatic rings. The van der Waals surface area contributed by atoms with Crippen molar-refractivity contribution in [2.45, 2.75) is 6.42 Å². The number of thiazole rings is 1. The maximum Gasteiger partial charge on any atom is 0.181 e. The maximum absolute atomic E-state index is 11.8. The summed E-state index contributed by atoms with van der Waals surface area (Å²) in [5.74, 6) is 5.74. The van der Waals surface area contributed by atoms with Gasteiger partial charge in [-0.3, -0.25) is 4.79 Å². The number of nitrogen functional groups attached to an aromatic ring is 1. The molecule has 0 aliphatic heterocycles. The normalized spacial score (nSPS) is 10.7. The van der Waals surface area contributed by atoms with Crippen molar-refractivity contribution in [1.29, 1.82) is 0 Å². The van der Waals surface area contributed by atoms with E-state index >= 15 is 0 Å². The molecule has 2 aromatic carbocycles. The van der Waals surface area contributed by atoms with E-state index in [1.54, 1.807) is 0 Å². The number of carbonyl (C=O) groups is 1. The number of carbonyl (C=O) groups excluding carboxylic acids is 1. The van der Waals surface area contributed by atoms with Crippen LogP contribution in [0.5, 0.6) is 5.75 Å². The van der Waals surface area contributed by atoms with Crippen LogP contribution in [0.1, 0.15) is 11.1 Å².